The van der Waals surface area contributed by atoms with Crippen LogP contribution in [0.25, 0.3) is 0 Å². The average molecular weight is 199 g/mol. The van der Waals surface area contributed by atoms with Gasteiger partial charge in [0.15, 0.2) is 5.82 Å². The molecule has 78 valence electrons. The fourth-order valence-corrected chi connectivity index (χ4v) is 1.32. The summed E-state index contributed by atoms with van der Waals surface area (Å²) in [5, 5.41) is 7.09. The Morgan fingerprint density at radius 3 is 3.29 bits per heavy atom. The van der Waals surface area contributed by atoms with Crippen LogP contribution in [-0.2, 0) is 16.1 Å². The maximum absolute atomic E-state index is 5.29. The lowest BCUT2D eigenvalue weighted by Crippen LogP contribution is -2.35. The van der Waals surface area contributed by atoms with E-state index < -0.39 is 0 Å². The SMILES string of the molecule is COCc1nc([C@@H]2COCCN2)no1. The number of nitrogens with one attached hydrogen (secondary N) is 1. The lowest BCUT2D eigenvalue weighted by molar-refractivity contribution is 0.0734. The molecule has 0 aliphatic carbocycles. The zero-order valence-corrected chi connectivity index (χ0v) is 8.02. The van der Waals surface area contributed by atoms with Gasteiger partial charge in [-0.2, -0.15) is 4.98 Å². The normalized spacial score (nSPS) is 22.5. The standard InChI is InChI=1S/C8H13N3O3/c1-12-5-7-10-8(11-14-7)6-4-13-3-2-9-6/h6,9H,2-5H2,1H3/t6-/m0/s1. The zero-order valence-electron chi connectivity index (χ0n) is 8.02. The second-order valence-electron chi connectivity index (χ2n) is 3.06. The lowest BCUT2D eigenvalue weighted by Gasteiger charge is -2.20. The molecule has 0 amide bonds. The van der Waals surface area contributed by atoms with Crippen molar-refractivity contribution >= 4 is 0 Å². The van der Waals surface area contributed by atoms with E-state index in [0.29, 0.717) is 24.9 Å². The van der Waals surface area contributed by atoms with Crippen LogP contribution in [0.2, 0.25) is 0 Å². The molecule has 6 nitrogen and oxygen atoms in total. The van der Waals surface area contributed by atoms with Gasteiger partial charge in [-0.05, 0) is 0 Å². The Morgan fingerprint density at radius 1 is 1.64 bits per heavy atom. The second-order valence-corrected chi connectivity index (χ2v) is 3.06. The summed E-state index contributed by atoms with van der Waals surface area (Å²) >= 11 is 0. The summed E-state index contributed by atoms with van der Waals surface area (Å²) in [4.78, 5) is 4.18. The van der Waals surface area contributed by atoms with Crippen LogP contribution in [0.5, 0.6) is 0 Å². The predicted octanol–water partition coefficient (Wildman–Crippen LogP) is -0.123. The maximum Gasteiger partial charge on any atom is 0.252 e. The van der Waals surface area contributed by atoms with Gasteiger partial charge in [0.05, 0.1) is 19.3 Å². The first-order valence-corrected chi connectivity index (χ1v) is 4.52. The minimum absolute atomic E-state index is 0.0399. The van der Waals surface area contributed by atoms with Crippen LogP contribution >= 0.6 is 0 Å². The Bertz CT molecular complexity index is 283. The van der Waals surface area contributed by atoms with Crippen molar-refractivity contribution in [2.75, 3.05) is 26.9 Å². The smallest absolute Gasteiger partial charge is 0.252 e. The van der Waals surface area contributed by atoms with Crippen LogP contribution in [0.1, 0.15) is 17.8 Å². The van der Waals surface area contributed by atoms with E-state index in [9.17, 15) is 0 Å². The Balaban J connectivity index is 2.00. The summed E-state index contributed by atoms with van der Waals surface area (Å²) in [6.45, 7) is 2.49. The third kappa shape index (κ3) is 2.09. The first-order chi connectivity index (χ1) is 6.90. The summed E-state index contributed by atoms with van der Waals surface area (Å²) in [6, 6.07) is 0.0399. The Labute approximate surface area is 81.6 Å². The number of morpholine rings is 1. The fourth-order valence-electron chi connectivity index (χ4n) is 1.32. The van der Waals surface area contributed by atoms with E-state index in [-0.39, 0.29) is 6.04 Å². The molecule has 0 spiro atoms. The molecule has 1 fully saturated rings. The molecule has 1 N–H and O–H groups in total. The van der Waals surface area contributed by atoms with Gasteiger partial charge in [-0.25, -0.2) is 0 Å². The molecular weight excluding hydrogens is 186 g/mol. The third-order valence-electron chi connectivity index (χ3n) is 1.98. The van der Waals surface area contributed by atoms with Crippen LogP contribution in [0.15, 0.2) is 4.52 Å². The number of nitrogens with zero attached hydrogens (tertiary/aromatic N) is 2. The van der Waals surface area contributed by atoms with Crippen LogP contribution in [0.3, 0.4) is 0 Å². The molecule has 0 bridgehead atoms. The van der Waals surface area contributed by atoms with Crippen LogP contribution in [-0.4, -0.2) is 37.0 Å². The molecule has 2 rings (SSSR count). The summed E-state index contributed by atoms with van der Waals surface area (Å²) in [5.41, 5.74) is 0. The van der Waals surface area contributed by atoms with Crippen molar-refractivity contribution in [2.24, 2.45) is 0 Å². The Kier molecular flexibility index (Phi) is 3.07. The molecule has 0 aromatic carbocycles. The summed E-state index contributed by atoms with van der Waals surface area (Å²) < 4.78 is 15.1. The zero-order chi connectivity index (χ0) is 9.80. The molecule has 1 saturated heterocycles. The number of methoxy groups -OCH3 is 1. The van der Waals surface area contributed by atoms with Gasteiger partial charge >= 0.3 is 0 Å². The highest BCUT2D eigenvalue weighted by atomic mass is 16.5. The molecule has 0 radical (unpaired) electrons. The van der Waals surface area contributed by atoms with Crippen LogP contribution < -0.4 is 5.32 Å². The lowest BCUT2D eigenvalue weighted by atomic mass is 10.2. The van der Waals surface area contributed by atoms with Gasteiger partial charge in [0.1, 0.15) is 6.61 Å². The highest BCUT2D eigenvalue weighted by molar-refractivity contribution is 4.94. The summed E-state index contributed by atoms with van der Waals surface area (Å²) in [7, 11) is 1.59. The number of ether oxygens (including phenoxy) is 2. The topological polar surface area (TPSA) is 69.4 Å². The maximum atomic E-state index is 5.29. The first kappa shape index (κ1) is 9.57. The largest absolute Gasteiger partial charge is 0.378 e. The molecule has 1 aromatic heterocycles. The van der Waals surface area contributed by atoms with Gasteiger partial charge < -0.3 is 19.3 Å². The van der Waals surface area contributed by atoms with Gasteiger partial charge in [0.2, 0.25) is 0 Å². The van der Waals surface area contributed by atoms with E-state index in [4.69, 9.17) is 14.0 Å². The fraction of sp³-hybridized carbons (Fsp3) is 0.750. The molecule has 14 heavy (non-hydrogen) atoms. The molecule has 1 aromatic rings. The molecule has 2 heterocycles. The number of rotatable bonds is 3. The number of aromatic nitrogens is 2. The van der Waals surface area contributed by atoms with Gasteiger partial charge in [-0.15, -0.1) is 0 Å². The van der Waals surface area contributed by atoms with Crippen molar-refractivity contribution in [1.82, 2.24) is 15.5 Å². The minimum Gasteiger partial charge on any atom is -0.378 e. The monoisotopic (exact) mass is 199 g/mol. The molecular formula is C8H13N3O3. The third-order valence-corrected chi connectivity index (χ3v) is 1.98. The molecule has 1 atom stereocenters. The van der Waals surface area contributed by atoms with Crippen molar-refractivity contribution in [3.05, 3.63) is 11.7 Å². The molecule has 0 saturated carbocycles. The van der Waals surface area contributed by atoms with Crippen molar-refractivity contribution in [3.63, 3.8) is 0 Å². The van der Waals surface area contributed by atoms with Crippen molar-refractivity contribution in [2.45, 2.75) is 12.6 Å². The van der Waals surface area contributed by atoms with E-state index in [0.717, 1.165) is 13.2 Å². The number of hydrogen-bond acceptors (Lipinski definition) is 6. The molecule has 0 unspecified atom stereocenters. The Morgan fingerprint density at radius 2 is 2.57 bits per heavy atom. The van der Waals surface area contributed by atoms with Gasteiger partial charge in [-0.3, -0.25) is 0 Å². The van der Waals surface area contributed by atoms with E-state index in [1.807, 2.05) is 0 Å². The quantitative estimate of drug-likeness (QED) is 0.731. The molecule has 1 aliphatic heterocycles. The van der Waals surface area contributed by atoms with Gasteiger partial charge in [0.25, 0.3) is 5.89 Å². The van der Waals surface area contributed by atoms with Crippen LogP contribution in [0, 0.1) is 0 Å². The van der Waals surface area contributed by atoms with E-state index in [1.165, 1.54) is 0 Å². The predicted molar refractivity (Wildman–Crippen MR) is 46.6 cm³/mol. The Hall–Kier alpha value is -0.980. The first-order valence-electron chi connectivity index (χ1n) is 4.52. The van der Waals surface area contributed by atoms with Crippen molar-refractivity contribution < 1.29 is 14.0 Å². The van der Waals surface area contributed by atoms with E-state index in [1.54, 1.807) is 7.11 Å². The van der Waals surface area contributed by atoms with Crippen molar-refractivity contribution in [1.29, 1.82) is 0 Å². The van der Waals surface area contributed by atoms with Crippen molar-refractivity contribution in [3.8, 4) is 0 Å². The molecule has 1 aliphatic rings. The van der Waals surface area contributed by atoms with Gasteiger partial charge in [-0.1, -0.05) is 5.16 Å². The second kappa shape index (κ2) is 4.50. The molecule has 6 heteroatoms. The van der Waals surface area contributed by atoms with Crippen LogP contribution in [0.4, 0.5) is 0 Å². The minimum atomic E-state index is 0.0399. The van der Waals surface area contributed by atoms with Gasteiger partial charge in [0, 0.05) is 13.7 Å². The number of hydrogen-bond donors (Lipinski definition) is 1. The average Bonchev–Trinajstić information content (AvgIpc) is 2.68. The summed E-state index contributed by atoms with van der Waals surface area (Å²) in [6.07, 6.45) is 0. The van der Waals surface area contributed by atoms with E-state index in [2.05, 4.69) is 15.5 Å². The summed E-state index contributed by atoms with van der Waals surface area (Å²) in [5.74, 6) is 1.13. The highest BCUT2D eigenvalue weighted by Crippen LogP contribution is 2.12. The van der Waals surface area contributed by atoms with E-state index >= 15 is 0 Å². The highest BCUT2D eigenvalue weighted by Gasteiger charge is 2.20.